The van der Waals surface area contributed by atoms with Gasteiger partial charge in [-0.3, -0.25) is 0 Å². The van der Waals surface area contributed by atoms with E-state index >= 15 is 0 Å². The molecule has 19 heavy (non-hydrogen) atoms. The van der Waals surface area contributed by atoms with Crippen molar-refractivity contribution in [2.75, 3.05) is 11.9 Å². The van der Waals surface area contributed by atoms with Gasteiger partial charge in [-0.05, 0) is 29.6 Å². The molecule has 0 bridgehead atoms. The quantitative estimate of drug-likeness (QED) is 0.714. The molecule has 0 radical (unpaired) electrons. The summed E-state index contributed by atoms with van der Waals surface area (Å²) < 4.78 is 1.05. The summed E-state index contributed by atoms with van der Waals surface area (Å²) in [5.74, 6) is 0.857. The van der Waals surface area contributed by atoms with Crippen LogP contribution in [0.15, 0.2) is 42.0 Å². The lowest BCUT2D eigenvalue weighted by Crippen LogP contribution is -2.11. The molecule has 2 aromatic heterocycles. The third kappa shape index (κ3) is 2.02. The lowest BCUT2D eigenvalue weighted by Gasteiger charge is -2.18. The number of fused-ring (bicyclic) bond motifs is 1. The van der Waals surface area contributed by atoms with E-state index in [-0.39, 0.29) is 0 Å². The topological polar surface area (TPSA) is 52.8 Å². The predicted octanol–water partition coefficient (Wildman–Crippen LogP) is 3.33. The van der Waals surface area contributed by atoms with Gasteiger partial charge in [0.1, 0.15) is 6.33 Å². The first-order valence-corrected chi connectivity index (χ1v) is 6.59. The van der Waals surface area contributed by atoms with Crippen molar-refractivity contribution in [3.05, 3.63) is 47.6 Å². The number of nitrogens with zero attached hydrogens (tertiary/aromatic N) is 4. The van der Waals surface area contributed by atoms with E-state index in [1.807, 2.05) is 41.6 Å². The number of thiophene rings is 1. The molecule has 3 rings (SSSR count). The Bertz CT molecular complexity index is 772. The highest BCUT2D eigenvalue weighted by Gasteiger charge is 2.11. The Morgan fingerprint density at radius 1 is 1.26 bits per heavy atom. The first kappa shape index (κ1) is 11.6. The van der Waals surface area contributed by atoms with Crippen LogP contribution in [0.25, 0.3) is 10.2 Å². The van der Waals surface area contributed by atoms with Gasteiger partial charge in [0.25, 0.3) is 0 Å². The third-order valence-electron chi connectivity index (χ3n) is 2.90. The summed E-state index contributed by atoms with van der Waals surface area (Å²) in [5.41, 5.74) is 2.52. The minimum absolute atomic E-state index is 0.640. The van der Waals surface area contributed by atoms with Crippen molar-refractivity contribution in [3.63, 3.8) is 0 Å². The Hall–Kier alpha value is -2.45. The van der Waals surface area contributed by atoms with Crippen LogP contribution in [0.2, 0.25) is 0 Å². The van der Waals surface area contributed by atoms with Crippen LogP contribution in [-0.2, 0) is 0 Å². The summed E-state index contributed by atoms with van der Waals surface area (Å²) in [6.07, 6.45) is 1.56. The summed E-state index contributed by atoms with van der Waals surface area (Å²) in [7, 11) is 1.94. The summed E-state index contributed by atoms with van der Waals surface area (Å²) in [6.45, 7) is 0. The van der Waals surface area contributed by atoms with Crippen molar-refractivity contribution >= 4 is 33.1 Å². The molecule has 0 aliphatic heterocycles. The van der Waals surface area contributed by atoms with Gasteiger partial charge >= 0.3 is 0 Å². The second kappa shape index (κ2) is 4.67. The van der Waals surface area contributed by atoms with Crippen LogP contribution in [0, 0.1) is 11.3 Å². The number of hydrogen-bond donors (Lipinski definition) is 0. The second-order valence-corrected chi connectivity index (χ2v) is 4.97. The zero-order valence-electron chi connectivity index (χ0n) is 10.2. The Kier molecular flexibility index (Phi) is 2.86. The van der Waals surface area contributed by atoms with Crippen molar-refractivity contribution in [3.8, 4) is 6.07 Å². The van der Waals surface area contributed by atoms with Crippen molar-refractivity contribution in [2.24, 2.45) is 0 Å². The van der Waals surface area contributed by atoms with E-state index in [9.17, 15) is 0 Å². The van der Waals surface area contributed by atoms with Crippen molar-refractivity contribution in [2.45, 2.75) is 0 Å². The molecule has 0 atom stereocenters. The number of anilines is 2. The molecule has 2 heterocycles. The van der Waals surface area contributed by atoms with Crippen LogP contribution in [-0.4, -0.2) is 17.0 Å². The Morgan fingerprint density at radius 3 is 3.00 bits per heavy atom. The second-order valence-electron chi connectivity index (χ2n) is 4.05. The number of aromatic nitrogens is 2. The van der Waals surface area contributed by atoms with Crippen molar-refractivity contribution in [1.29, 1.82) is 5.26 Å². The number of hydrogen-bond acceptors (Lipinski definition) is 5. The monoisotopic (exact) mass is 266 g/mol. The molecule has 0 saturated carbocycles. The highest BCUT2D eigenvalue weighted by Crippen LogP contribution is 2.31. The Balaban J connectivity index is 2.10. The smallest absolute Gasteiger partial charge is 0.154 e. The zero-order valence-corrected chi connectivity index (χ0v) is 11.1. The SMILES string of the molecule is CN(c1cccc(C#N)c1)c1ncnc2ccsc12. The van der Waals surface area contributed by atoms with Crippen molar-refractivity contribution < 1.29 is 0 Å². The molecular weight excluding hydrogens is 256 g/mol. The molecule has 0 aliphatic rings. The van der Waals surface area contributed by atoms with Crippen LogP contribution < -0.4 is 4.90 Å². The van der Waals surface area contributed by atoms with Gasteiger partial charge in [-0.15, -0.1) is 11.3 Å². The van der Waals surface area contributed by atoms with E-state index < -0.39 is 0 Å². The molecule has 0 saturated heterocycles. The molecule has 0 unspecified atom stereocenters. The average molecular weight is 266 g/mol. The summed E-state index contributed by atoms with van der Waals surface area (Å²) in [5, 5.41) is 11.0. The van der Waals surface area contributed by atoms with E-state index in [0.717, 1.165) is 21.7 Å². The predicted molar refractivity (Wildman–Crippen MR) is 76.6 cm³/mol. The maximum atomic E-state index is 8.96. The first-order chi connectivity index (χ1) is 9.29. The van der Waals surface area contributed by atoms with Gasteiger partial charge in [0.05, 0.1) is 21.8 Å². The zero-order chi connectivity index (χ0) is 13.2. The molecule has 0 N–H and O–H groups in total. The Labute approximate surface area is 114 Å². The molecule has 0 spiro atoms. The van der Waals surface area contributed by atoms with Gasteiger partial charge in [0, 0.05) is 12.7 Å². The van der Waals surface area contributed by atoms with Gasteiger partial charge in [-0.2, -0.15) is 5.26 Å². The molecule has 5 heteroatoms. The van der Waals surface area contributed by atoms with Crippen LogP contribution >= 0.6 is 11.3 Å². The van der Waals surface area contributed by atoms with E-state index in [4.69, 9.17) is 5.26 Å². The number of nitriles is 1. The van der Waals surface area contributed by atoms with E-state index in [1.165, 1.54) is 0 Å². The van der Waals surface area contributed by atoms with Crippen molar-refractivity contribution in [1.82, 2.24) is 9.97 Å². The highest BCUT2D eigenvalue weighted by atomic mass is 32.1. The standard InChI is InChI=1S/C14H10N4S/c1-18(11-4-2-3-10(7-11)8-15)14-13-12(5-6-19-13)16-9-17-14/h2-7,9H,1H3. The van der Waals surface area contributed by atoms with E-state index in [1.54, 1.807) is 23.7 Å². The van der Waals surface area contributed by atoms with Crippen LogP contribution in [0.3, 0.4) is 0 Å². The van der Waals surface area contributed by atoms with Gasteiger partial charge < -0.3 is 4.90 Å². The number of benzene rings is 1. The lowest BCUT2D eigenvalue weighted by molar-refractivity contribution is 1.11. The van der Waals surface area contributed by atoms with Gasteiger partial charge in [0.15, 0.2) is 5.82 Å². The summed E-state index contributed by atoms with van der Waals surface area (Å²) in [6, 6.07) is 11.6. The summed E-state index contributed by atoms with van der Waals surface area (Å²) in [4.78, 5) is 10.6. The minimum Gasteiger partial charge on any atom is -0.328 e. The summed E-state index contributed by atoms with van der Waals surface area (Å²) >= 11 is 1.62. The normalized spacial score (nSPS) is 10.3. The molecule has 0 amide bonds. The fourth-order valence-corrected chi connectivity index (χ4v) is 2.79. The average Bonchev–Trinajstić information content (AvgIpc) is 2.95. The fourth-order valence-electron chi connectivity index (χ4n) is 1.92. The first-order valence-electron chi connectivity index (χ1n) is 5.71. The highest BCUT2D eigenvalue weighted by molar-refractivity contribution is 7.17. The molecule has 92 valence electrons. The molecule has 0 fully saturated rings. The molecule has 3 aromatic rings. The third-order valence-corrected chi connectivity index (χ3v) is 3.80. The minimum atomic E-state index is 0.640. The van der Waals surface area contributed by atoms with Crippen LogP contribution in [0.5, 0.6) is 0 Å². The van der Waals surface area contributed by atoms with Gasteiger partial charge in [0.2, 0.25) is 0 Å². The maximum absolute atomic E-state index is 8.96. The molecule has 1 aromatic carbocycles. The van der Waals surface area contributed by atoms with E-state index in [2.05, 4.69) is 16.0 Å². The van der Waals surface area contributed by atoms with Crippen LogP contribution in [0.1, 0.15) is 5.56 Å². The fraction of sp³-hybridized carbons (Fsp3) is 0.0714. The Morgan fingerprint density at radius 2 is 2.16 bits per heavy atom. The van der Waals surface area contributed by atoms with Gasteiger partial charge in [-0.25, -0.2) is 9.97 Å². The maximum Gasteiger partial charge on any atom is 0.154 e. The lowest BCUT2D eigenvalue weighted by atomic mass is 10.2. The molecular formula is C14H10N4S. The molecule has 0 aliphatic carbocycles. The van der Waals surface area contributed by atoms with Crippen LogP contribution in [0.4, 0.5) is 11.5 Å². The molecule has 4 nitrogen and oxygen atoms in total. The van der Waals surface area contributed by atoms with E-state index in [0.29, 0.717) is 5.56 Å². The number of rotatable bonds is 2. The van der Waals surface area contributed by atoms with Gasteiger partial charge in [-0.1, -0.05) is 6.07 Å². The largest absolute Gasteiger partial charge is 0.328 e.